The second-order valence-corrected chi connectivity index (χ2v) is 34.4. The normalized spacial score (nSPS) is 11.5. The van der Waals surface area contributed by atoms with Crippen LogP contribution in [0.4, 0.5) is 68.2 Å². The van der Waals surface area contributed by atoms with Crippen molar-refractivity contribution in [3.05, 3.63) is 508 Å². The van der Waals surface area contributed by atoms with Crippen LogP contribution in [0.5, 0.6) is 0 Å². The number of anilines is 12. The number of hydrogen-bond donors (Lipinski definition) is 0. The molecule has 0 amide bonds. The second-order valence-electron chi connectivity index (χ2n) is 34.4. The summed E-state index contributed by atoms with van der Waals surface area (Å²) in [6.07, 6.45) is 0. The van der Waals surface area contributed by atoms with Gasteiger partial charge in [-0.1, -0.05) is 241 Å². The van der Waals surface area contributed by atoms with Gasteiger partial charge in [-0.2, -0.15) is 0 Å². The maximum atomic E-state index is 2.45. The molecule has 0 fully saturated rings. The van der Waals surface area contributed by atoms with Gasteiger partial charge in [0.05, 0.1) is 44.1 Å². The highest BCUT2D eigenvalue weighted by molar-refractivity contribution is 6.21. The summed E-state index contributed by atoms with van der Waals surface area (Å²) in [5.74, 6) is 0. The number of aryl methyl sites for hydroxylation is 4. The molecule has 8 heteroatoms. The molecule has 4 heterocycles. The molecule has 0 saturated carbocycles. The Morgan fingerprint density at radius 1 is 0.129 bits per heavy atom. The number of nitrogens with zero attached hydrogens (tertiary/aromatic N) is 8. The smallest absolute Gasteiger partial charge is 0.0562 e. The maximum Gasteiger partial charge on any atom is 0.0562 e. The first kappa shape index (κ1) is 79.4. The summed E-state index contributed by atoms with van der Waals surface area (Å²) < 4.78 is 9.78. The molecule has 132 heavy (non-hydrogen) atoms. The predicted molar refractivity (Wildman–Crippen MR) is 559 cm³/mol. The summed E-state index contributed by atoms with van der Waals surface area (Å²) in [5.41, 5.74) is 37.1. The van der Waals surface area contributed by atoms with E-state index in [0.717, 1.165) is 91.0 Å². The number of aromatic nitrogens is 4. The van der Waals surface area contributed by atoms with Crippen molar-refractivity contribution < 1.29 is 0 Å². The van der Waals surface area contributed by atoms with Crippen molar-refractivity contribution in [2.75, 3.05) is 19.6 Å². The van der Waals surface area contributed by atoms with Crippen LogP contribution in [0.15, 0.2) is 485 Å². The van der Waals surface area contributed by atoms with Gasteiger partial charge >= 0.3 is 0 Å². The van der Waals surface area contributed by atoms with E-state index in [1.54, 1.807) is 0 Å². The van der Waals surface area contributed by atoms with E-state index < -0.39 is 0 Å². The zero-order valence-electron chi connectivity index (χ0n) is 73.8. The Morgan fingerprint density at radius 3 is 0.500 bits per heavy atom. The lowest BCUT2D eigenvalue weighted by atomic mass is 10.0. The molecule has 0 N–H and O–H groups in total. The lowest BCUT2D eigenvalue weighted by molar-refractivity contribution is 1.16. The van der Waals surface area contributed by atoms with Crippen LogP contribution in [0.2, 0.25) is 0 Å². The summed E-state index contributed by atoms with van der Waals surface area (Å²) in [6.45, 7) is 8.76. The molecule has 0 bridgehead atoms. The molecular formula is C124H92N8. The lowest BCUT2D eigenvalue weighted by Crippen LogP contribution is -2.09. The Morgan fingerprint density at radius 2 is 0.288 bits per heavy atom. The molecule has 8 nitrogen and oxygen atoms in total. The Balaban J connectivity index is 0.000000152. The van der Waals surface area contributed by atoms with E-state index >= 15 is 0 Å². The summed E-state index contributed by atoms with van der Waals surface area (Å²) in [4.78, 5) is 9.23. The molecule has 0 atom stereocenters. The number of fused-ring (bicyclic) bond motifs is 12. The SMILES string of the molecule is Cc1ccc2c(c1)c1cc3c(cc1n2-c1ccc(N(c2ccccc2)c2ccccc2)cc1)c1cc(C)ccc1n3-c1ccc(N(c2ccccc2)c2ccccc2)cc1.Cc1ccc2c(c1)c1cc3c4cc(C)ccc4n(-c4ccc(-c5ccc(N(c6ccccc6)c6ccccc6)cc5)cc4)c3cc1n2-c1ccc(-c2ccc(N(c3ccccc3)c3ccccc3)cc2)cc1. The first-order valence-electron chi connectivity index (χ1n) is 45.3. The number of benzene rings is 20. The van der Waals surface area contributed by atoms with Crippen LogP contribution < -0.4 is 19.6 Å². The Labute approximate surface area is 768 Å². The van der Waals surface area contributed by atoms with E-state index in [4.69, 9.17) is 0 Å². The molecule has 0 radical (unpaired) electrons. The van der Waals surface area contributed by atoms with E-state index in [1.807, 2.05) is 0 Å². The van der Waals surface area contributed by atoms with Crippen molar-refractivity contribution >= 4 is 155 Å². The molecule has 628 valence electrons. The van der Waals surface area contributed by atoms with E-state index in [2.05, 4.69) is 551 Å². The zero-order chi connectivity index (χ0) is 88.3. The highest BCUT2D eigenvalue weighted by Gasteiger charge is 2.25. The highest BCUT2D eigenvalue weighted by Crippen LogP contribution is 2.47. The Kier molecular flexibility index (Phi) is 20.4. The van der Waals surface area contributed by atoms with Gasteiger partial charge in [0.15, 0.2) is 0 Å². The summed E-state index contributed by atoms with van der Waals surface area (Å²) in [7, 11) is 0. The summed E-state index contributed by atoms with van der Waals surface area (Å²) >= 11 is 0. The molecule has 0 unspecified atom stereocenters. The fraction of sp³-hybridized carbons (Fsp3) is 0.0323. The zero-order valence-corrected chi connectivity index (χ0v) is 73.8. The van der Waals surface area contributed by atoms with Crippen LogP contribution in [0.25, 0.3) is 132 Å². The van der Waals surface area contributed by atoms with Gasteiger partial charge in [0.1, 0.15) is 0 Å². The van der Waals surface area contributed by atoms with E-state index in [0.29, 0.717) is 0 Å². The van der Waals surface area contributed by atoms with Gasteiger partial charge in [-0.15, -0.1) is 0 Å². The van der Waals surface area contributed by atoms with Gasteiger partial charge in [-0.3, -0.25) is 0 Å². The van der Waals surface area contributed by atoms with Crippen LogP contribution in [0.1, 0.15) is 22.3 Å². The molecule has 0 aliphatic rings. The second kappa shape index (κ2) is 33.9. The van der Waals surface area contributed by atoms with Crippen molar-refractivity contribution in [1.82, 2.24) is 18.3 Å². The minimum atomic E-state index is 1.11. The van der Waals surface area contributed by atoms with E-state index in [-0.39, 0.29) is 0 Å². The highest BCUT2D eigenvalue weighted by atomic mass is 15.2. The standard InChI is InChI=1S/C68H50N4.C56H42N4/c1-47-23-41-65-61(43-47)63-45-64-62-44-48(2)24-42-66(62)72(60-39-31-52(32-40-60)50-27-35-58(36-28-50)70(55-19-11-5-12-20-55)56-21-13-6-14-22-56)68(64)46-67(63)71(65)59-37-29-51(30-38-59)49-25-33-57(34-26-49)69(53-15-7-3-8-16-53)54-17-9-4-10-18-54;1-39-23-33-53-49(35-39)51-37-56-52(38-55(51)59(53)47-29-25-45(26-30-47)57(41-15-7-3-8-16-41)42-17-9-4-10-18-42)50-36-40(2)24-34-54(50)60(56)48-31-27-46(28-32-48)58(43-19-11-5-12-20-43)44-21-13-6-14-22-44/h3-46H,1-2H3;3-38H,1-2H3. The predicted octanol–water partition coefficient (Wildman–Crippen LogP) is 34.2. The van der Waals surface area contributed by atoms with Gasteiger partial charge in [0.25, 0.3) is 0 Å². The van der Waals surface area contributed by atoms with Gasteiger partial charge < -0.3 is 37.9 Å². The maximum absolute atomic E-state index is 2.45. The molecular weight excluding hydrogens is 1600 g/mol. The lowest BCUT2D eigenvalue weighted by Gasteiger charge is -2.25. The van der Waals surface area contributed by atoms with Crippen LogP contribution in [-0.4, -0.2) is 18.3 Å². The van der Waals surface area contributed by atoms with Gasteiger partial charge in [0, 0.05) is 134 Å². The van der Waals surface area contributed by atoms with Crippen LogP contribution in [0.3, 0.4) is 0 Å². The van der Waals surface area contributed by atoms with Crippen molar-refractivity contribution in [3.8, 4) is 45.0 Å². The van der Waals surface area contributed by atoms with Crippen molar-refractivity contribution in [2.45, 2.75) is 27.7 Å². The van der Waals surface area contributed by atoms with Crippen LogP contribution in [-0.2, 0) is 0 Å². The minimum Gasteiger partial charge on any atom is -0.311 e. The molecule has 20 aromatic carbocycles. The molecule has 24 rings (SSSR count). The molecule has 0 saturated heterocycles. The van der Waals surface area contributed by atoms with Crippen molar-refractivity contribution in [2.24, 2.45) is 0 Å². The summed E-state index contributed by atoms with van der Waals surface area (Å²) in [5, 5.41) is 9.97. The Hall–Kier alpha value is -17.2. The fourth-order valence-corrected chi connectivity index (χ4v) is 19.7. The first-order chi connectivity index (χ1) is 65.1. The third kappa shape index (κ3) is 14.6. The van der Waals surface area contributed by atoms with Crippen LogP contribution in [0, 0.1) is 27.7 Å². The molecule has 24 aromatic rings. The van der Waals surface area contributed by atoms with Crippen molar-refractivity contribution in [1.29, 1.82) is 0 Å². The quantitative estimate of drug-likeness (QED) is 0.0857. The average molecular weight is 1690 g/mol. The number of hydrogen-bond acceptors (Lipinski definition) is 4. The van der Waals surface area contributed by atoms with Gasteiger partial charge in [0.2, 0.25) is 0 Å². The van der Waals surface area contributed by atoms with Crippen molar-refractivity contribution in [3.63, 3.8) is 0 Å². The molecule has 0 aliphatic carbocycles. The molecule has 0 spiro atoms. The van der Waals surface area contributed by atoms with Gasteiger partial charge in [-0.05, 0) is 317 Å². The topological polar surface area (TPSA) is 32.7 Å². The third-order valence-corrected chi connectivity index (χ3v) is 25.9. The minimum absolute atomic E-state index is 1.11. The first-order valence-corrected chi connectivity index (χ1v) is 45.3. The summed E-state index contributed by atoms with van der Waals surface area (Å²) in [6, 6.07) is 176. The van der Waals surface area contributed by atoms with E-state index in [1.165, 1.54) is 132 Å². The van der Waals surface area contributed by atoms with Gasteiger partial charge in [-0.25, -0.2) is 0 Å². The molecule has 4 aromatic heterocycles. The van der Waals surface area contributed by atoms with Crippen LogP contribution >= 0.6 is 0 Å². The average Bonchev–Trinajstić information content (AvgIpc) is 1.55. The third-order valence-electron chi connectivity index (χ3n) is 25.9. The largest absolute Gasteiger partial charge is 0.311 e. The fourth-order valence-electron chi connectivity index (χ4n) is 19.7. The number of para-hydroxylation sites is 8. The van der Waals surface area contributed by atoms with E-state index in [9.17, 15) is 0 Å². The number of rotatable bonds is 18. The monoisotopic (exact) mass is 1690 g/mol. The Bertz CT molecular complexity index is 7680. The molecule has 0 aliphatic heterocycles.